The number of esters is 1. The zero-order valence-corrected chi connectivity index (χ0v) is 18.5. The molecule has 3 unspecified atom stereocenters. The van der Waals surface area contributed by atoms with Gasteiger partial charge >= 0.3 is 5.97 Å². The summed E-state index contributed by atoms with van der Waals surface area (Å²) in [5, 5.41) is 0.0284. The van der Waals surface area contributed by atoms with Crippen LogP contribution in [0, 0.1) is 5.92 Å². The lowest BCUT2D eigenvalue weighted by Gasteiger charge is -2.50. The molecule has 0 radical (unpaired) electrons. The van der Waals surface area contributed by atoms with Crippen molar-refractivity contribution in [1.82, 2.24) is 0 Å². The second-order valence-corrected chi connectivity index (χ2v) is 13.3. The lowest BCUT2D eigenvalue weighted by Crippen LogP contribution is -2.67. The van der Waals surface area contributed by atoms with E-state index in [9.17, 15) is 9.59 Å². The maximum atomic E-state index is 12.9. The van der Waals surface area contributed by atoms with Gasteiger partial charge in [0.2, 0.25) is 5.91 Å². The molecule has 1 aliphatic rings. The average molecular weight is 394 g/mol. The number of carbonyl (C=O) groups is 2. The fourth-order valence-electron chi connectivity index (χ4n) is 2.95. The molecule has 1 fully saturated rings. The summed E-state index contributed by atoms with van der Waals surface area (Å²) in [4.78, 5) is 26.1. The number of β-lactam (4-membered cyclic amide) rings is 1. The Morgan fingerprint density at radius 2 is 1.74 bits per heavy atom. The molecule has 2 rings (SSSR count). The summed E-state index contributed by atoms with van der Waals surface area (Å²) in [7, 11) is -0.469. The van der Waals surface area contributed by atoms with Crippen molar-refractivity contribution in [2.75, 3.05) is 12.0 Å². The van der Waals surface area contributed by atoms with Gasteiger partial charge in [-0.3, -0.25) is 14.5 Å². The van der Waals surface area contributed by atoms with Gasteiger partial charge in [0.15, 0.2) is 14.5 Å². The molecule has 1 aromatic rings. The lowest BCUT2D eigenvalue weighted by atomic mass is 9.89. The fourth-order valence-corrected chi connectivity index (χ4v) is 4.38. The number of methoxy groups -OCH3 is 1. The van der Waals surface area contributed by atoms with E-state index < -0.39 is 26.4 Å². The third-order valence-corrected chi connectivity index (χ3v) is 10.1. The third kappa shape index (κ3) is 4.35. The molecule has 0 aromatic heterocycles. The number of hydrogen-bond donors (Lipinski definition) is 0. The summed E-state index contributed by atoms with van der Waals surface area (Å²) < 4.78 is 17.0. The molecular weight excluding hydrogens is 362 g/mol. The third-order valence-electron chi connectivity index (χ3n) is 5.51. The first-order valence-corrected chi connectivity index (χ1v) is 12.1. The number of ether oxygens (including phenoxy) is 2. The molecule has 1 heterocycles. The summed E-state index contributed by atoms with van der Waals surface area (Å²) in [6.45, 7) is 14.0. The first-order chi connectivity index (χ1) is 12.4. The number of carbonyl (C=O) groups excluding carboxylic acids is 2. The van der Waals surface area contributed by atoms with Crippen LogP contribution in [-0.2, 0) is 18.8 Å². The van der Waals surface area contributed by atoms with E-state index in [0.29, 0.717) is 11.4 Å². The van der Waals surface area contributed by atoms with Crippen LogP contribution in [0.2, 0.25) is 18.1 Å². The molecule has 0 N–H and O–H groups in total. The molecule has 1 amide bonds. The summed E-state index contributed by atoms with van der Waals surface area (Å²) >= 11 is 0. The number of hydrogen-bond acceptors (Lipinski definition) is 5. The lowest BCUT2D eigenvalue weighted by molar-refractivity contribution is -0.165. The molecule has 27 heavy (non-hydrogen) atoms. The van der Waals surface area contributed by atoms with Crippen molar-refractivity contribution in [1.29, 1.82) is 0 Å². The molecule has 1 aliphatic heterocycles. The van der Waals surface area contributed by atoms with E-state index in [0.717, 1.165) is 0 Å². The van der Waals surface area contributed by atoms with Gasteiger partial charge in [0.25, 0.3) is 0 Å². The quantitative estimate of drug-likeness (QED) is 0.416. The van der Waals surface area contributed by atoms with Crippen LogP contribution < -0.4 is 9.64 Å². The normalized spacial score (nSPS) is 21.5. The SMILES string of the molecule is COc1ccc(N2C(=O)C(C(C)O[Si](C)(C)C(C)(C)C)C2OC(C)=O)cc1. The Balaban J connectivity index is 2.23. The van der Waals surface area contributed by atoms with E-state index in [1.807, 2.05) is 6.92 Å². The Morgan fingerprint density at radius 1 is 1.19 bits per heavy atom. The zero-order chi connectivity index (χ0) is 20.6. The van der Waals surface area contributed by atoms with Crippen LogP contribution in [0.3, 0.4) is 0 Å². The maximum Gasteiger partial charge on any atom is 0.304 e. The van der Waals surface area contributed by atoms with Crippen LogP contribution >= 0.6 is 0 Å². The topological polar surface area (TPSA) is 65.1 Å². The van der Waals surface area contributed by atoms with Gasteiger partial charge in [-0.2, -0.15) is 0 Å². The monoisotopic (exact) mass is 393 g/mol. The van der Waals surface area contributed by atoms with Crippen LogP contribution in [0.4, 0.5) is 5.69 Å². The van der Waals surface area contributed by atoms with Crippen LogP contribution in [0.1, 0.15) is 34.6 Å². The average Bonchev–Trinajstić information content (AvgIpc) is 2.53. The molecule has 1 aromatic carbocycles. The van der Waals surface area contributed by atoms with Crippen molar-refractivity contribution >= 4 is 25.9 Å². The number of anilines is 1. The van der Waals surface area contributed by atoms with Crippen molar-refractivity contribution in [2.24, 2.45) is 5.92 Å². The molecule has 3 atom stereocenters. The van der Waals surface area contributed by atoms with E-state index in [1.54, 1.807) is 31.4 Å². The molecule has 6 nitrogen and oxygen atoms in total. The molecule has 7 heteroatoms. The second-order valence-electron chi connectivity index (χ2n) is 8.52. The van der Waals surface area contributed by atoms with E-state index in [1.165, 1.54) is 11.8 Å². The standard InChI is InChI=1S/C20H31NO5Si/c1-13(26-27(7,8)20(3,4)5)17-18(23)21(19(17)25-14(2)22)15-9-11-16(24-6)12-10-15/h9-13,17,19H,1-8H3. The van der Waals surface area contributed by atoms with Crippen LogP contribution in [0.15, 0.2) is 24.3 Å². The van der Waals surface area contributed by atoms with E-state index in [4.69, 9.17) is 13.9 Å². The Morgan fingerprint density at radius 3 is 2.19 bits per heavy atom. The first kappa shape index (κ1) is 21.4. The molecule has 150 valence electrons. The van der Waals surface area contributed by atoms with Gasteiger partial charge in [0, 0.05) is 12.6 Å². The molecular formula is C20H31NO5Si. The smallest absolute Gasteiger partial charge is 0.304 e. The Labute approximate surface area is 162 Å². The fraction of sp³-hybridized carbons (Fsp3) is 0.600. The highest BCUT2D eigenvalue weighted by molar-refractivity contribution is 6.74. The van der Waals surface area contributed by atoms with E-state index in [-0.39, 0.29) is 17.0 Å². The van der Waals surface area contributed by atoms with Gasteiger partial charge in [0.1, 0.15) is 11.7 Å². The highest BCUT2D eigenvalue weighted by Crippen LogP contribution is 2.42. The van der Waals surface area contributed by atoms with Gasteiger partial charge < -0.3 is 13.9 Å². The minimum absolute atomic E-state index is 0.0284. The summed E-state index contributed by atoms with van der Waals surface area (Å²) in [6.07, 6.45) is -1.000. The van der Waals surface area contributed by atoms with Crippen LogP contribution in [-0.4, -0.2) is 39.6 Å². The first-order valence-electron chi connectivity index (χ1n) is 9.21. The van der Waals surface area contributed by atoms with Crippen molar-refractivity contribution in [2.45, 2.75) is 65.1 Å². The summed E-state index contributed by atoms with van der Waals surface area (Å²) in [5.41, 5.74) is 0.669. The minimum Gasteiger partial charge on any atom is -0.497 e. The van der Waals surface area contributed by atoms with Gasteiger partial charge in [-0.15, -0.1) is 0 Å². The van der Waals surface area contributed by atoms with Crippen molar-refractivity contribution in [3.05, 3.63) is 24.3 Å². The second kappa shape index (κ2) is 7.64. The predicted octanol–water partition coefficient (Wildman–Crippen LogP) is 3.96. The van der Waals surface area contributed by atoms with Crippen LogP contribution in [0.25, 0.3) is 0 Å². The van der Waals surface area contributed by atoms with E-state index >= 15 is 0 Å². The van der Waals surface area contributed by atoms with Gasteiger partial charge in [0.05, 0.1) is 13.2 Å². The highest BCUT2D eigenvalue weighted by Gasteiger charge is 2.55. The molecule has 0 bridgehead atoms. The van der Waals surface area contributed by atoms with Gasteiger partial charge in [-0.05, 0) is 49.3 Å². The van der Waals surface area contributed by atoms with Crippen molar-refractivity contribution < 1.29 is 23.5 Å². The zero-order valence-electron chi connectivity index (χ0n) is 17.5. The number of rotatable bonds is 6. The van der Waals surface area contributed by atoms with Crippen molar-refractivity contribution in [3.63, 3.8) is 0 Å². The Bertz CT molecular complexity index is 695. The van der Waals surface area contributed by atoms with Crippen LogP contribution in [0.5, 0.6) is 5.75 Å². The van der Waals surface area contributed by atoms with Crippen molar-refractivity contribution in [3.8, 4) is 5.75 Å². The molecule has 0 saturated carbocycles. The number of amides is 1. The minimum atomic E-state index is -2.05. The van der Waals surface area contributed by atoms with E-state index in [2.05, 4.69) is 33.9 Å². The molecule has 1 saturated heterocycles. The highest BCUT2D eigenvalue weighted by atomic mass is 28.4. The number of nitrogens with zero attached hydrogens (tertiary/aromatic N) is 1. The number of benzene rings is 1. The Hall–Kier alpha value is -1.86. The summed E-state index contributed by atoms with van der Waals surface area (Å²) in [6, 6.07) is 7.11. The summed E-state index contributed by atoms with van der Waals surface area (Å²) in [5.74, 6) is -0.333. The largest absolute Gasteiger partial charge is 0.497 e. The predicted molar refractivity (Wildman–Crippen MR) is 107 cm³/mol. The molecule has 0 aliphatic carbocycles. The Kier molecular flexibility index (Phi) is 6.06. The van der Waals surface area contributed by atoms with Gasteiger partial charge in [-0.25, -0.2) is 0 Å². The van der Waals surface area contributed by atoms with Gasteiger partial charge in [-0.1, -0.05) is 20.8 Å². The molecule has 0 spiro atoms. The maximum absolute atomic E-state index is 12.9.